The van der Waals surface area contributed by atoms with Gasteiger partial charge in [-0.05, 0) is 75.4 Å². The van der Waals surface area contributed by atoms with Gasteiger partial charge in [0.05, 0.1) is 16.0 Å². The molecule has 8 nitrogen and oxygen atoms in total. The van der Waals surface area contributed by atoms with E-state index < -0.39 is 15.4 Å². The molecule has 36 heavy (non-hydrogen) atoms. The first-order valence-corrected chi connectivity index (χ1v) is 13.9. The zero-order valence-corrected chi connectivity index (χ0v) is 22.2. The van der Waals surface area contributed by atoms with Gasteiger partial charge >= 0.3 is 0 Å². The Bertz CT molecular complexity index is 1230. The molecule has 194 valence electrons. The number of sulfonamides is 1. The molecule has 0 saturated carbocycles. The number of ether oxygens (including phenoxy) is 1. The summed E-state index contributed by atoms with van der Waals surface area (Å²) >= 11 is 0. The molecule has 2 amide bonds. The highest BCUT2D eigenvalue weighted by Crippen LogP contribution is 2.38. The van der Waals surface area contributed by atoms with Crippen LogP contribution in [0.15, 0.2) is 47.4 Å². The highest BCUT2D eigenvalue weighted by atomic mass is 32.2. The molecule has 9 heteroatoms. The summed E-state index contributed by atoms with van der Waals surface area (Å²) < 4.78 is 33.0. The van der Waals surface area contributed by atoms with Gasteiger partial charge in [0.25, 0.3) is 5.91 Å². The molecular weight excluding hydrogens is 478 g/mol. The Kier molecular flexibility index (Phi) is 7.43. The third-order valence-corrected chi connectivity index (χ3v) is 8.58. The number of anilines is 2. The second-order valence-electron chi connectivity index (χ2n) is 10.6. The van der Waals surface area contributed by atoms with Crippen molar-refractivity contribution < 1.29 is 22.7 Å². The highest BCUT2D eigenvalue weighted by molar-refractivity contribution is 7.89. The van der Waals surface area contributed by atoms with Gasteiger partial charge in [0.15, 0.2) is 0 Å². The summed E-state index contributed by atoms with van der Waals surface area (Å²) in [5.41, 5.74) is 0.904. The van der Waals surface area contributed by atoms with Crippen molar-refractivity contribution in [3.8, 4) is 5.75 Å². The van der Waals surface area contributed by atoms with Crippen LogP contribution < -0.4 is 15.0 Å². The maximum absolute atomic E-state index is 13.2. The smallest absolute Gasteiger partial charge is 0.255 e. The topological polar surface area (TPSA) is 96.0 Å². The van der Waals surface area contributed by atoms with Crippen LogP contribution in [0.4, 0.5) is 11.4 Å². The van der Waals surface area contributed by atoms with Crippen molar-refractivity contribution in [2.45, 2.75) is 51.9 Å². The summed E-state index contributed by atoms with van der Waals surface area (Å²) in [5.74, 6) is 0.649. The van der Waals surface area contributed by atoms with E-state index in [1.165, 1.54) is 28.6 Å². The molecule has 0 spiro atoms. The number of hydrogen-bond donors (Lipinski definition) is 1. The molecule has 0 bridgehead atoms. The van der Waals surface area contributed by atoms with Gasteiger partial charge in [0, 0.05) is 37.0 Å². The predicted octanol–water partition coefficient (Wildman–Crippen LogP) is 4.52. The van der Waals surface area contributed by atoms with Gasteiger partial charge in [-0.1, -0.05) is 13.8 Å². The number of benzene rings is 2. The third-order valence-electron chi connectivity index (χ3n) is 6.67. The minimum atomic E-state index is -3.53. The number of nitrogens with zero attached hydrogens (tertiary/aromatic N) is 2. The van der Waals surface area contributed by atoms with E-state index in [1.807, 2.05) is 13.8 Å². The summed E-state index contributed by atoms with van der Waals surface area (Å²) in [6.45, 7) is 9.89. The van der Waals surface area contributed by atoms with Gasteiger partial charge in [0.2, 0.25) is 15.9 Å². The molecular formula is C27H35N3O5S. The first-order valence-electron chi connectivity index (χ1n) is 12.5. The maximum Gasteiger partial charge on any atom is 0.255 e. The summed E-state index contributed by atoms with van der Waals surface area (Å²) in [6, 6.07) is 11.3. The van der Waals surface area contributed by atoms with Gasteiger partial charge < -0.3 is 15.0 Å². The number of fused-ring (bicyclic) bond motifs is 1. The Morgan fingerprint density at radius 3 is 2.39 bits per heavy atom. The van der Waals surface area contributed by atoms with E-state index in [1.54, 1.807) is 23.1 Å². The van der Waals surface area contributed by atoms with E-state index >= 15 is 0 Å². The zero-order chi connectivity index (χ0) is 26.1. The van der Waals surface area contributed by atoms with Crippen LogP contribution >= 0.6 is 0 Å². The van der Waals surface area contributed by atoms with Crippen molar-refractivity contribution in [2.75, 3.05) is 36.5 Å². The van der Waals surface area contributed by atoms with E-state index in [0.29, 0.717) is 48.2 Å². The number of amides is 2. The van der Waals surface area contributed by atoms with Gasteiger partial charge in [-0.3, -0.25) is 9.59 Å². The molecule has 2 aromatic rings. The SMILES string of the molecule is CC(C)CCN1C(=O)C(C)(C)COc2cc(NC(=O)c3ccc(S(=O)(=O)N4CCCC4)cc3)ccc21. The number of rotatable bonds is 7. The molecule has 2 heterocycles. The fourth-order valence-electron chi connectivity index (χ4n) is 4.39. The third kappa shape index (κ3) is 5.42. The van der Waals surface area contributed by atoms with E-state index in [-0.39, 0.29) is 23.3 Å². The van der Waals surface area contributed by atoms with Crippen molar-refractivity contribution in [3.63, 3.8) is 0 Å². The molecule has 0 aliphatic carbocycles. The van der Waals surface area contributed by atoms with Crippen LogP contribution in [0.2, 0.25) is 0 Å². The molecule has 4 rings (SSSR count). The fraction of sp³-hybridized carbons (Fsp3) is 0.481. The second-order valence-corrected chi connectivity index (χ2v) is 12.5. The van der Waals surface area contributed by atoms with Crippen molar-refractivity contribution in [1.29, 1.82) is 0 Å². The van der Waals surface area contributed by atoms with Crippen molar-refractivity contribution in [1.82, 2.24) is 4.31 Å². The van der Waals surface area contributed by atoms with E-state index in [2.05, 4.69) is 19.2 Å². The summed E-state index contributed by atoms with van der Waals surface area (Å²) in [6.07, 6.45) is 2.60. The molecule has 0 aromatic heterocycles. The lowest BCUT2D eigenvalue weighted by atomic mass is 9.92. The molecule has 1 N–H and O–H groups in total. The van der Waals surface area contributed by atoms with Crippen LogP contribution in [0.5, 0.6) is 5.75 Å². The number of nitrogens with one attached hydrogen (secondary N) is 1. The highest BCUT2D eigenvalue weighted by Gasteiger charge is 2.37. The fourth-order valence-corrected chi connectivity index (χ4v) is 5.91. The van der Waals surface area contributed by atoms with Crippen molar-refractivity contribution in [2.24, 2.45) is 11.3 Å². The number of carbonyl (C=O) groups excluding carboxylic acids is 2. The second kappa shape index (κ2) is 10.2. The maximum atomic E-state index is 13.2. The standard InChI is InChI=1S/C27H35N3O5S/c1-19(2)13-16-30-23-12-9-21(17-24(23)35-18-27(3,4)26(30)32)28-25(31)20-7-10-22(11-8-20)36(33,34)29-14-5-6-15-29/h7-12,17,19H,5-6,13-16,18H2,1-4H3,(H,28,31). The summed E-state index contributed by atoms with van der Waals surface area (Å²) in [4.78, 5) is 28.1. The average Bonchev–Trinajstić information content (AvgIpc) is 3.37. The monoisotopic (exact) mass is 513 g/mol. The van der Waals surface area contributed by atoms with Crippen LogP contribution in [0, 0.1) is 11.3 Å². The summed E-state index contributed by atoms with van der Waals surface area (Å²) in [7, 11) is -3.53. The number of carbonyl (C=O) groups is 2. The molecule has 1 fully saturated rings. The molecule has 2 aliphatic heterocycles. The van der Waals surface area contributed by atoms with Crippen LogP contribution in [0.3, 0.4) is 0 Å². The Balaban J connectivity index is 1.52. The van der Waals surface area contributed by atoms with Crippen LogP contribution in [-0.4, -0.2) is 50.8 Å². The molecule has 0 radical (unpaired) electrons. The number of hydrogen-bond acceptors (Lipinski definition) is 5. The molecule has 0 unspecified atom stereocenters. The summed E-state index contributed by atoms with van der Waals surface area (Å²) in [5, 5.41) is 2.86. The zero-order valence-electron chi connectivity index (χ0n) is 21.4. The van der Waals surface area contributed by atoms with Crippen LogP contribution in [0.1, 0.15) is 57.3 Å². The minimum Gasteiger partial charge on any atom is -0.490 e. The van der Waals surface area contributed by atoms with E-state index in [9.17, 15) is 18.0 Å². The van der Waals surface area contributed by atoms with Gasteiger partial charge in [-0.2, -0.15) is 4.31 Å². The quantitative estimate of drug-likeness (QED) is 0.587. The van der Waals surface area contributed by atoms with E-state index in [4.69, 9.17) is 4.74 Å². The predicted molar refractivity (Wildman–Crippen MR) is 140 cm³/mol. The van der Waals surface area contributed by atoms with Crippen LogP contribution in [-0.2, 0) is 14.8 Å². The first kappa shape index (κ1) is 26.2. The Morgan fingerprint density at radius 1 is 1.08 bits per heavy atom. The van der Waals surface area contributed by atoms with Gasteiger partial charge in [0.1, 0.15) is 12.4 Å². The average molecular weight is 514 g/mol. The first-order chi connectivity index (χ1) is 17.0. The molecule has 2 aliphatic rings. The minimum absolute atomic E-state index is 0.0164. The lowest BCUT2D eigenvalue weighted by molar-refractivity contribution is -0.127. The normalized spacial score (nSPS) is 18.0. The lowest BCUT2D eigenvalue weighted by Crippen LogP contribution is -2.42. The lowest BCUT2D eigenvalue weighted by Gasteiger charge is -2.28. The Labute approximate surface area is 213 Å². The molecule has 2 aromatic carbocycles. The van der Waals surface area contributed by atoms with Gasteiger partial charge in [-0.15, -0.1) is 0 Å². The Hall–Kier alpha value is -2.91. The molecule has 0 atom stereocenters. The Morgan fingerprint density at radius 2 is 1.75 bits per heavy atom. The van der Waals surface area contributed by atoms with Crippen molar-refractivity contribution >= 4 is 33.2 Å². The van der Waals surface area contributed by atoms with Crippen LogP contribution in [0.25, 0.3) is 0 Å². The van der Waals surface area contributed by atoms with Gasteiger partial charge in [-0.25, -0.2) is 8.42 Å². The van der Waals surface area contributed by atoms with E-state index in [0.717, 1.165) is 19.3 Å². The van der Waals surface area contributed by atoms with Crippen molar-refractivity contribution in [3.05, 3.63) is 48.0 Å². The molecule has 1 saturated heterocycles. The largest absolute Gasteiger partial charge is 0.490 e.